The average Bonchev–Trinajstić information content (AvgIpc) is 2.64. The third-order valence-electron chi connectivity index (χ3n) is 3.72. The lowest BCUT2D eigenvalue weighted by Crippen LogP contribution is -2.25. The van der Waals surface area contributed by atoms with E-state index in [1.807, 2.05) is 38.1 Å². The van der Waals surface area contributed by atoms with Crippen LogP contribution in [0.5, 0.6) is 11.6 Å². The SMILES string of the molecule is Cc1ccc(C)c(Oc2ccc(CNC(=O)c3ccc(=O)[nH]n3)cn2)c1. The number of benzene rings is 1. The van der Waals surface area contributed by atoms with Gasteiger partial charge in [-0.1, -0.05) is 18.2 Å². The average molecular weight is 350 g/mol. The molecule has 2 N–H and O–H groups in total. The van der Waals surface area contributed by atoms with E-state index in [1.165, 1.54) is 12.1 Å². The number of carbonyl (C=O) groups excluding carboxylic acids is 1. The van der Waals surface area contributed by atoms with Gasteiger partial charge in [-0.2, -0.15) is 5.10 Å². The van der Waals surface area contributed by atoms with Gasteiger partial charge in [-0.3, -0.25) is 9.59 Å². The minimum atomic E-state index is -0.378. The molecule has 7 nitrogen and oxygen atoms in total. The Morgan fingerprint density at radius 2 is 2.00 bits per heavy atom. The van der Waals surface area contributed by atoms with Gasteiger partial charge in [-0.15, -0.1) is 0 Å². The number of H-pyrrole nitrogens is 1. The minimum Gasteiger partial charge on any atom is -0.439 e. The van der Waals surface area contributed by atoms with Gasteiger partial charge >= 0.3 is 0 Å². The van der Waals surface area contributed by atoms with E-state index in [-0.39, 0.29) is 23.7 Å². The van der Waals surface area contributed by atoms with Crippen LogP contribution in [0.15, 0.2) is 53.5 Å². The second kappa shape index (κ2) is 7.60. The monoisotopic (exact) mass is 350 g/mol. The Kier molecular flexibility index (Phi) is 5.07. The number of hydrogen-bond donors (Lipinski definition) is 2. The summed E-state index contributed by atoms with van der Waals surface area (Å²) in [5.41, 5.74) is 2.75. The molecule has 26 heavy (non-hydrogen) atoms. The molecule has 2 heterocycles. The predicted octanol–water partition coefficient (Wildman–Crippen LogP) is 2.50. The maximum atomic E-state index is 12.0. The molecule has 0 spiro atoms. The van der Waals surface area contributed by atoms with Crippen LogP contribution in [-0.4, -0.2) is 21.1 Å². The fraction of sp³-hybridized carbons (Fsp3) is 0.158. The molecule has 2 aromatic heterocycles. The predicted molar refractivity (Wildman–Crippen MR) is 96.3 cm³/mol. The molecule has 0 atom stereocenters. The van der Waals surface area contributed by atoms with E-state index >= 15 is 0 Å². The second-order valence-electron chi connectivity index (χ2n) is 5.86. The van der Waals surface area contributed by atoms with Gasteiger partial charge in [0.05, 0.1) is 0 Å². The Bertz CT molecular complexity index is 960. The Morgan fingerprint density at radius 1 is 1.15 bits per heavy atom. The molecule has 0 aliphatic rings. The lowest BCUT2D eigenvalue weighted by Gasteiger charge is -2.09. The van der Waals surface area contributed by atoms with Crippen molar-refractivity contribution in [1.29, 1.82) is 0 Å². The van der Waals surface area contributed by atoms with E-state index in [0.29, 0.717) is 5.88 Å². The highest BCUT2D eigenvalue weighted by atomic mass is 16.5. The highest BCUT2D eigenvalue weighted by Gasteiger charge is 2.08. The summed E-state index contributed by atoms with van der Waals surface area (Å²) in [6.45, 7) is 4.27. The molecule has 0 radical (unpaired) electrons. The molecular formula is C19H18N4O3. The highest BCUT2D eigenvalue weighted by molar-refractivity contribution is 5.91. The highest BCUT2D eigenvalue weighted by Crippen LogP contribution is 2.24. The van der Waals surface area contributed by atoms with Crippen molar-refractivity contribution in [1.82, 2.24) is 20.5 Å². The number of nitrogens with one attached hydrogen (secondary N) is 2. The number of aromatic nitrogens is 3. The van der Waals surface area contributed by atoms with E-state index < -0.39 is 0 Å². The number of pyridine rings is 1. The van der Waals surface area contributed by atoms with Crippen LogP contribution in [-0.2, 0) is 6.54 Å². The first-order valence-corrected chi connectivity index (χ1v) is 8.05. The Labute approximate surface area is 150 Å². The van der Waals surface area contributed by atoms with E-state index in [2.05, 4.69) is 20.5 Å². The van der Waals surface area contributed by atoms with Gasteiger partial charge in [0.25, 0.3) is 11.5 Å². The zero-order valence-electron chi connectivity index (χ0n) is 14.4. The van der Waals surface area contributed by atoms with Crippen LogP contribution in [0.3, 0.4) is 0 Å². The summed E-state index contributed by atoms with van der Waals surface area (Å²) in [5, 5.41) is 8.62. The largest absolute Gasteiger partial charge is 0.439 e. The third-order valence-corrected chi connectivity index (χ3v) is 3.72. The summed E-state index contributed by atoms with van der Waals surface area (Å²) >= 11 is 0. The molecule has 0 unspecified atom stereocenters. The number of rotatable bonds is 5. The maximum Gasteiger partial charge on any atom is 0.271 e. The molecular weight excluding hydrogens is 332 g/mol. The van der Waals surface area contributed by atoms with Gasteiger partial charge in [-0.05, 0) is 42.7 Å². The van der Waals surface area contributed by atoms with Crippen molar-refractivity contribution in [3.05, 3.63) is 81.4 Å². The van der Waals surface area contributed by atoms with Gasteiger partial charge in [0.15, 0.2) is 0 Å². The van der Waals surface area contributed by atoms with E-state index in [0.717, 1.165) is 22.4 Å². The number of nitrogens with zero attached hydrogens (tertiary/aromatic N) is 2. The third kappa shape index (κ3) is 4.32. The number of hydrogen-bond acceptors (Lipinski definition) is 5. The fourth-order valence-electron chi connectivity index (χ4n) is 2.25. The number of ether oxygens (including phenoxy) is 1. The lowest BCUT2D eigenvalue weighted by atomic mass is 10.1. The fourth-order valence-corrected chi connectivity index (χ4v) is 2.25. The van der Waals surface area contributed by atoms with Crippen molar-refractivity contribution in [2.24, 2.45) is 0 Å². The van der Waals surface area contributed by atoms with E-state index in [9.17, 15) is 9.59 Å². The van der Waals surface area contributed by atoms with Crippen molar-refractivity contribution in [3.63, 3.8) is 0 Å². The summed E-state index contributed by atoms with van der Waals surface area (Å²) in [7, 11) is 0. The summed E-state index contributed by atoms with van der Waals surface area (Å²) in [4.78, 5) is 27.2. The molecule has 0 saturated carbocycles. The van der Waals surface area contributed by atoms with Crippen LogP contribution in [0.1, 0.15) is 27.2 Å². The molecule has 0 saturated heterocycles. The van der Waals surface area contributed by atoms with Gasteiger partial charge in [0.2, 0.25) is 5.88 Å². The number of aromatic amines is 1. The standard InChI is InChI=1S/C19H18N4O3/c1-12-3-4-13(2)16(9-12)26-18-8-5-14(10-20-18)11-21-19(25)15-6-7-17(24)23-22-15/h3-10H,11H2,1-2H3,(H,21,25)(H,23,24). The molecule has 0 fully saturated rings. The zero-order valence-corrected chi connectivity index (χ0v) is 14.4. The normalized spacial score (nSPS) is 10.4. The number of carbonyl (C=O) groups is 1. The Morgan fingerprint density at radius 3 is 2.69 bits per heavy atom. The molecule has 3 rings (SSSR count). The Balaban J connectivity index is 1.61. The summed E-state index contributed by atoms with van der Waals surface area (Å²) in [6.07, 6.45) is 1.64. The van der Waals surface area contributed by atoms with Crippen LogP contribution < -0.4 is 15.6 Å². The molecule has 0 aliphatic carbocycles. The zero-order chi connectivity index (χ0) is 18.5. The van der Waals surface area contributed by atoms with Crippen molar-refractivity contribution in [3.8, 4) is 11.6 Å². The van der Waals surface area contributed by atoms with Gasteiger partial charge in [0, 0.05) is 24.9 Å². The topological polar surface area (TPSA) is 97.0 Å². The summed E-state index contributed by atoms with van der Waals surface area (Å²) in [6, 6.07) is 12.2. The molecule has 0 aliphatic heterocycles. The first-order chi connectivity index (χ1) is 12.5. The molecule has 7 heteroatoms. The lowest BCUT2D eigenvalue weighted by molar-refractivity contribution is 0.0944. The van der Waals surface area contributed by atoms with Crippen LogP contribution in [0, 0.1) is 13.8 Å². The van der Waals surface area contributed by atoms with Crippen molar-refractivity contribution >= 4 is 5.91 Å². The van der Waals surface area contributed by atoms with Crippen molar-refractivity contribution in [2.75, 3.05) is 0 Å². The Hall–Kier alpha value is -3.48. The number of amides is 1. The second-order valence-corrected chi connectivity index (χ2v) is 5.86. The van der Waals surface area contributed by atoms with Crippen LogP contribution in [0.2, 0.25) is 0 Å². The van der Waals surface area contributed by atoms with Gasteiger partial charge < -0.3 is 10.1 Å². The molecule has 1 aromatic carbocycles. The smallest absolute Gasteiger partial charge is 0.271 e. The van der Waals surface area contributed by atoms with Crippen LogP contribution in [0.25, 0.3) is 0 Å². The van der Waals surface area contributed by atoms with Gasteiger partial charge in [-0.25, -0.2) is 10.1 Å². The van der Waals surface area contributed by atoms with Crippen molar-refractivity contribution < 1.29 is 9.53 Å². The maximum absolute atomic E-state index is 12.0. The number of aryl methyl sites for hydroxylation is 2. The summed E-state index contributed by atoms with van der Waals surface area (Å²) in [5.74, 6) is 0.871. The van der Waals surface area contributed by atoms with Gasteiger partial charge in [0.1, 0.15) is 11.4 Å². The summed E-state index contributed by atoms with van der Waals surface area (Å²) < 4.78 is 5.81. The molecule has 132 valence electrons. The first kappa shape index (κ1) is 17.3. The van der Waals surface area contributed by atoms with Crippen LogP contribution in [0.4, 0.5) is 0 Å². The minimum absolute atomic E-state index is 0.146. The van der Waals surface area contributed by atoms with Crippen LogP contribution >= 0.6 is 0 Å². The van der Waals surface area contributed by atoms with E-state index in [4.69, 9.17) is 4.74 Å². The van der Waals surface area contributed by atoms with Crippen molar-refractivity contribution in [2.45, 2.75) is 20.4 Å². The van der Waals surface area contributed by atoms with E-state index in [1.54, 1.807) is 12.3 Å². The molecule has 3 aromatic rings. The quantitative estimate of drug-likeness (QED) is 0.737. The molecule has 0 bridgehead atoms. The molecule has 1 amide bonds. The first-order valence-electron chi connectivity index (χ1n) is 8.05.